The van der Waals surface area contributed by atoms with Gasteiger partial charge in [0.05, 0.1) is 23.2 Å². The van der Waals surface area contributed by atoms with Crippen LogP contribution in [0.5, 0.6) is 0 Å². The zero-order chi connectivity index (χ0) is 11.5. The highest BCUT2D eigenvalue weighted by molar-refractivity contribution is 6.29. The first-order valence-corrected chi connectivity index (χ1v) is 5.01. The zero-order valence-corrected chi connectivity index (χ0v) is 9.28. The van der Waals surface area contributed by atoms with Crippen LogP contribution < -0.4 is 5.32 Å². The second kappa shape index (κ2) is 4.37. The molecule has 2 heterocycles. The largest absolute Gasteiger partial charge is 0.472 e. The highest BCUT2D eigenvalue weighted by Crippen LogP contribution is 2.16. The van der Waals surface area contributed by atoms with Crippen LogP contribution in [-0.2, 0) is 0 Å². The number of halogens is 1. The number of carbonyl (C=O) groups excluding carboxylic acids is 1. The smallest absolute Gasteiger partial charge is 0.258 e. The van der Waals surface area contributed by atoms with Crippen LogP contribution in [-0.4, -0.2) is 10.9 Å². The van der Waals surface area contributed by atoms with Crippen LogP contribution in [0.4, 0.5) is 5.69 Å². The highest BCUT2D eigenvalue weighted by atomic mass is 35.5. The summed E-state index contributed by atoms with van der Waals surface area (Å²) in [6.45, 7) is 1.77. The molecule has 0 aliphatic heterocycles. The van der Waals surface area contributed by atoms with Crippen LogP contribution in [0.2, 0.25) is 5.15 Å². The molecule has 0 atom stereocenters. The average Bonchev–Trinajstić information content (AvgIpc) is 2.75. The van der Waals surface area contributed by atoms with Crippen molar-refractivity contribution in [3.63, 3.8) is 0 Å². The third-order valence-electron chi connectivity index (χ3n) is 2.08. The number of furan rings is 1. The molecule has 82 valence electrons. The van der Waals surface area contributed by atoms with Crippen LogP contribution in [0.15, 0.2) is 35.1 Å². The number of nitrogens with zero attached hydrogens (tertiary/aromatic N) is 1. The van der Waals surface area contributed by atoms with Gasteiger partial charge in [0.2, 0.25) is 0 Å². The molecule has 0 fully saturated rings. The van der Waals surface area contributed by atoms with Crippen LogP contribution >= 0.6 is 11.6 Å². The summed E-state index contributed by atoms with van der Waals surface area (Å²) in [7, 11) is 0. The standard InChI is InChI=1S/C11H9ClN2O2/c1-7-9(2-3-10(12)13-7)14-11(15)8-4-5-16-6-8/h2-6H,1H3,(H,14,15). The molecule has 0 aliphatic carbocycles. The Morgan fingerprint density at radius 2 is 2.25 bits per heavy atom. The van der Waals surface area contributed by atoms with Gasteiger partial charge >= 0.3 is 0 Å². The van der Waals surface area contributed by atoms with E-state index in [-0.39, 0.29) is 5.91 Å². The molecule has 2 rings (SSSR count). The van der Waals surface area contributed by atoms with Gasteiger partial charge in [0, 0.05) is 0 Å². The molecule has 0 saturated carbocycles. The van der Waals surface area contributed by atoms with E-state index in [2.05, 4.69) is 10.3 Å². The Morgan fingerprint density at radius 1 is 1.44 bits per heavy atom. The van der Waals surface area contributed by atoms with E-state index < -0.39 is 0 Å². The SMILES string of the molecule is Cc1nc(Cl)ccc1NC(=O)c1ccoc1. The lowest BCUT2D eigenvalue weighted by Gasteiger charge is -2.06. The maximum Gasteiger partial charge on any atom is 0.258 e. The first-order valence-electron chi connectivity index (χ1n) is 4.63. The number of nitrogens with one attached hydrogen (secondary N) is 1. The van der Waals surface area contributed by atoms with Crippen LogP contribution in [0.3, 0.4) is 0 Å². The minimum Gasteiger partial charge on any atom is -0.472 e. The van der Waals surface area contributed by atoms with Gasteiger partial charge in [0.15, 0.2) is 0 Å². The molecular formula is C11H9ClN2O2. The predicted molar refractivity (Wildman–Crippen MR) is 60.6 cm³/mol. The number of anilines is 1. The van der Waals surface area contributed by atoms with Gasteiger partial charge in [-0.25, -0.2) is 4.98 Å². The van der Waals surface area contributed by atoms with Crippen LogP contribution in [0.1, 0.15) is 16.1 Å². The molecular weight excluding hydrogens is 228 g/mol. The molecule has 16 heavy (non-hydrogen) atoms. The molecule has 0 radical (unpaired) electrons. The third kappa shape index (κ3) is 2.23. The summed E-state index contributed by atoms with van der Waals surface area (Å²) in [5.74, 6) is -0.235. The quantitative estimate of drug-likeness (QED) is 0.816. The Hall–Kier alpha value is -1.81. The first kappa shape index (κ1) is 10.7. The van der Waals surface area contributed by atoms with E-state index in [0.29, 0.717) is 22.1 Å². The normalized spacial score (nSPS) is 10.1. The van der Waals surface area contributed by atoms with E-state index in [1.54, 1.807) is 25.1 Å². The van der Waals surface area contributed by atoms with E-state index in [1.807, 2.05) is 0 Å². The number of aryl methyl sites for hydroxylation is 1. The minimum absolute atomic E-state index is 0.235. The number of carbonyl (C=O) groups is 1. The van der Waals surface area contributed by atoms with E-state index in [1.165, 1.54) is 12.5 Å². The van der Waals surface area contributed by atoms with Crippen LogP contribution in [0, 0.1) is 6.92 Å². The number of amides is 1. The van der Waals surface area contributed by atoms with Gasteiger partial charge < -0.3 is 9.73 Å². The first-order chi connectivity index (χ1) is 7.66. The number of pyridine rings is 1. The number of aromatic nitrogens is 1. The van der Waals surface area contributed by atoms with Gasteiger partial charge in [-0.15, -0.1) is 0 Å². The van der Waals surface area contributed by atoms with Crippen LogP contribution in [0.25, 0.3) is 0 Å². The molecule has 0 bridgehead atoms. The topological polar surface area (TPSA) is 55.1 Å². The molecule has 5 heteroatoms. The molecule has 2 aromatic heterocycles. The van der Waals surface area contributed by atoms with Crippen molar-refractivity contribution in [2.75, 3.05) is 5.32 Å². The second-order valence-corrected chi connectivity index (χ2v) is 3.62. The fraction of sp³-hybridized carbons (Fsp3) is 0.0909. The maximum absolute atomic E-state index is 11.7. The van der Waals surface area contributed by atoms with Crippen molar-refractivity contribution in [3.05, 3.63) is 47.1 Å². The van der Waals surface area contributed by atoms with Gasteiger partial charge in [-0.05, 0) is 25.1 Å². The molecule has 0 aliphatic rings. The highest BCUT2D eigenvalue weighted by Gasteiger charge is 2.09. The molecule has 0 spiro atoms. The van der Waals surface area contributed by atoms with Crippen molar-refractivity contribution < 1.29 is 9.21 Å². The van der Waals surface area contributed by atoms with E-state index >= 15 is 0 Å². The lowest BCUT2D eigenvalue weighted by atomic mass is 10.2. The number of hydrogen-bond acceptors (Lipinski definition) is 3. The summed E-state index contributed by atoms with van der Waals surface area (Å²) in [4.78, 5) is 15.7. The summed E-state index contributed by atoms with van der Waals surface area (Å²) in [5.41, 5.74) is 1.77. The summed E-state index contributed by atoms with van der Waals surface area (Å²) >= 11 is 5.71. The molecule has 0 aromatic carbocycles. The summed E-state index contributed by atoms with van der Waals surface area (Å²) in [5, 5.41) is 3.12. The lowest BCUT2D eigenvalue weighted by molar-refractivity contribution is 0.102. The van der Waals surface area contributed by atoms with Gasteiger partial charge in [0.25, 0.3) is 5.91 Å². The van der Waals surface area contributed by atoms with Crippen molar-refractivity contribution >= 4 is 23.2 Å². The van der Waals surface area contributed by atoms with Gasteiger partial charge in [-0.3, -0.25) is 4.79 Å². The summed E-state index contributed by atoms with van der Waals surface area (Å²) < 4.78 is 4.83. The Bertz CT molecular complexity index is 509. The Labute approximate surface area is 97.2 Å². The number of hydrogen-bond donors (Lipinski definition) is 1. The average molecular weight is 237 g/mol. The lowest BCUT2D eigenvalue weighted by Crippen LogP contribution is -2.12. The number of rotatable bonds is 2. The Balaban J connectivity index is 2.18. The predicted octanol–water partition coefficient (Wildman–Crippen LogP) is 2.89. The molecule has 2 aromatic rings. The second-order valence-electron chi connectivity index (χ2n) is 3.23. The van der Waals surface area contributed by atoms with E-state index in [9.17, 15) is 4.79 Å². The van der Waals surface area contributed by atoms with Gasteiger partial charge in [-0.2, -0.15) is 0 Å². The molecule has 4 nitrogen and oxygen atoms in total. The van der Waals surface area contributed by atoms with Crippen molar-refractivity contribution in [3.8, 4) is 0 Å². The summed E-state index contributed by atoms with van der Waals surface area (Å²) in [6, 6.07) is 4.93. The van der Waals surface area contributed by atoms with E-state index in [0.717, 1.165) is 0 Å². The van der Waals surface area contributed by atoms with E-state index in [4.69, 9.17) is 16.0 Å². The molecule has 0 unspecified atom stereocenters. The summed E-state index contributed by atoms with van der Waals surface area (Å²) in [6.07, 6.45) is 2.83. The van der Waals surface area contributed by atoms with Crippen molar-refractivity contribution in [1.82, 2.24) is 4.98 Å². The molecule has 1 amide bonds. The monoisotopic (exact) mass is 236 g/mol. The van der Waals surface area contributed by atoms with Gasteiger partial charge in [-0.1, -0.05) is 11.6 Å². The van der Waals surface area contributed by atoms with Crippen molar-refractivity contribution in [1.29, 1.82) is 0 Å². The van der Waals surface area contributed by atoms with Gasteiger partial charge in [0.1, 0.15) is 11.4 Å². The van der Waals surface area contributed by atoms with Crippen molar-refractivity contribution in [2.45, 2.75) is 6.92 Å². The minimum atomic E-state index is -0.235. The Morgan fingerprint density at radius 3 is 2.88 bits per heavy atom. The third-order valence-corrected chi connectivity index (χ3v) is 2.29. The Kier molecular flexibility index (Phi) is 2.92. The maximum atomic E-state index is 11.7. The fourth-order valence-electron chi connectivity index (χ4n) is 1.25. The fourth-order valence-corrected chi connectivity index (χ4v) is 1.44. The van der Waals surface area contributed by atoms with Crippen molar-refractivity contribution in [2.24, 2.45) is 0 Å². The molecule has 0 saturated heterocycles. The molecule has 1 N–H and O–H groups in total. The zero-order valence-electron chi connectivity index (χ0n) is 8.53.